The molecule has 0 atom stereocenters. The monoisotopic (exact) mass is 370 g/mol. The lowest BCUT2D eigenvalue weighted by atomic mass is 10.0. The molecule has 0 unspecified atom stereocenters. The predicted molar refractivity (Wildman–Crippen MR) is 104 cm³/mol. The van der Waals surface area contributed by atoms with E-state index in [1.165, 1.54) is 0 Å². The Hall–Kier alpha value is -2.60. The summed E-state index contributed by atoms with van der Waals surface area (Å²) in [5.41, 5.74) is 1.49. The van der Waals surface area contributed by atoms with Gasteiger partial charge in [-0.2, -0.15) is 0 Å². The molecule has 144 valence electrons. The largest absolute Gasteiger partial charge is 0.456 e. The summed E-state index contributed by atoms with van der Waals surface area (Å²) in [6, 6.07) is 8.97. The van der Waals surface area contributed by atoms with Crippen LogP contribution in [0.3, 0.4) is 0 Å². The van der Waals surface area contributed by atoms with E-state index in [1.54, 1.807) is 18.2 Å². The number of anilines is 1. The van der Waals surface area contributed by atoms with Crippen molar-refractivity contribution in [3.8, 4) is 11.3 Å². The van der Waals surface area contributed by atoms with E-state index in [9.17, 15) is 9.59 Å². The van der Waals surface area contributed by atoms with Crippen LogP contribution in [0.1, 0.15) is 41.7 Å². The first kappa shape index (κ1) is 19.2. The van der Waals surface area contributed by atoms with E-state index in [0.29, 0.717) is 23.2 Å². The highest BCUT2D eigenvalue weighted by Crippen LogP contribution is 2.31. The summed E-state index contributed by atoms with van der Waals surface area (Å²) in [7, 11) is 2.11. The second-order valence-electron chi connectivity index (χ2n) is 7.84. The Morgan fingerprint density at radius 3 is 2.41 bits per heavy atom. The van der Waals surface area contributed by atoms with Crippen molar-refractivity contribution in [1.29, 1.82) is 0 Å². The number of rotatable bonds is 4. The predicted octanol–water partition coefficient (Wildman–Crippen LogP) is 3.47. The minimum absolute atomic E-state index is 0.227. The molecular weight excluding hydrogens is 344 g/mol. The van der Waals surface area contributed by atoms with Crippen molar-refractivity contribution in [2.24, 2.45) is 0 Å². The molecule has 3 rings (SSSR count). The van der Waals surface area contributed by atoms with Gasteiger partial charge in [-0.15, -0.1) is 0 Å². The van der Waals surface area contributed by atoms with Gasteiger partial charge in [0.25, 0.3) is 0 Å². The molecule has 6 heteroatoms. The average Bonchev–Trinajstić information content (AvgIpc) is 3.09. The molecule has 0 radical (unpaired) electrons. The van der Waals surface area contributed by atoms with Gasteiger partial charge in [-0.25, -0.2) is 4.79 Å². The van der Waals surface area contributed by atoms with Crippen LogP contribution in [0.4, 0.5) is 5.69 Å². The number of piperazine rings is 1. The molecule has 2 aromatic rings. The smallest absolute Gasteiger partial charge is 0.339 e. The van der Waals surface area contributed by atoms with Crippen molar-refractivity contribution in [2.45, 2.75) is 26.4 Å². The SMILES string of the molecule is CN1CCN(c2ccc(C(=O)OC(C)(C)C)c(-c3ccc(C=O)o3)c2)CC1. The third-order valence-electron chi connectivity index (χ3n) is 4.50. The number of aldehydes is 1. The maximum Gasteiger partial charge on any atom is 0.339 e. The fourth-order valence-electron chi connectivity index (χ4n) is 3.07. The molecular formula is C21H26N2O4. The molecule has 2 heterocycles. The Balaban J connectivity index is 1.99. The van der Waals surface area contributed by atoms with Crippen molar-refractivity contribution in [3.63, 3.8) is 0 Å². The van der Waals surface area contributed by atoms with Crippen LogP contribution in [0.2, 0.25) is 0 Å². The van der Waals surface area contributed by atoms with Crippen LogP contribution in [-0.4, -0.2) is 56.0 Å². The highest BCUT2D eigenvalue weighted by atomic mass is 16.6. The van der Waals surface area contributed by atoms with Gasteiger partial charge >= 0.3 is 5.97 Å². The topological polar surface area (TPSA) is 63.0 Å². The number of hydrogen-bond donors (Lipinski definition) is 0. The van der Waals surface area contributed by atoms with Crippen LogP contribution in [0.5, 0.6) is 0 Å². The number of esters is 1. The number of carbonyl (C=O) groups is 2. The zero-order valence-corrected chi connectivity index (χ0v) is 16.3. The minimum Gasteiger partial charge on any atom is -0.456 e. The number of benzene rings is 1. The first-order valence-corrected chi connectivity index (χ1v) is 9.13. The first-order chi connectivity index (χ1) is 12.8. The second-order valence-corrected chi connectivity index (χ2v) is 7.84. The van der Waals surface area contributed by atoms with E-state index in [0.717, 1.165) is 31.9 Å². The van der Waals surface area contributed by atoms with Gasteiger partial charge in [-0.3, -0.25) is 4.79 Å². The van der Waals surface area contributed by atoms with Gasteiger partial charge in [0, 0.05) is 37.4 Å². The summed E-state index contributed by atoms with van der Waals surface area (Å²) in [5, 5.41) is 0. The zero-order chi connectivity index (χ0) is 19.6. The average molecular weight is 370 g/mol. The van der Waals surface area contributed by atoms with Gasteiger partial charge in [0.2, 0.25) is 0 Å². The van der Waals surface area contributed by atoms with E-state index in [1.807, 2.05) is 32.9 Å². The lowest BCUT2D eigenvalue weighted by Crippen LogP contribution is -2.44. The van der Waals surface area contributed by atoms with Gasteiger partial charge in [0.15, 0.2) is 12.0 Å². The number of nitrogens with zero attached hydrogens (tertiary/aromatic N) is 2. The number of carbonyl (C=O) groups excluding carboxylic acids is 2. The van der Waals surface area contributed by atoms with Crippen LogP contribution in [0.25, 0.3) is 11.3 Å². The summed E-state index contributed by atoms with van der Waals surface area (Å²) < 4.78 is 11.1. The van der Waals surface area contributed by atoms with E-state index in [-0.39, 0.29) is 5.76 Å². The van der Waals surface area contributed by atoms with E-state index < -0.39 is 11.6 Å². The van der Waals surface area contributed by atoms with Crippen molar-refractivity contribution in [2.75, 3.05) is 38.1 Å². The maximum atomic E-state index is 12.7. The van der Waals surface area contributed by atoms with E-state index >= 15 is 0 Å². The lowest BCUT2D eigenvalue weighted by molar-refractivity contribution is 0.00702. The lowest BCUT2D eigenvalue weighted by Gasteiger charge is -2.34. The van der Waals surface area contributed by atoms with E-state index in [2.05, 4.69) is 16.8 Å². The van der Waals surface area contributed by atoms with Crippen molar-refractivity contribution in [3.05, 3.63) is 41.7 Å². The summed E-state index contributed by atoms with van der Waals surface area (Å²) in [6.45, 7) is 9.30. The normalized spacial score (nSPS) is 15.6. The summed E-state index contributed by atoms with van der Waals surface area (Å²) >= 11 is 0. The molecule has 1 fully saturated rings. The Morgan fingerprint density at radius 1 is 1.11 bits per heavy atom. The third kappa shape index (κ3) is 4.57. The fourth-order valence-corrected chi connectivity index (χ4v) is 3.07. The molecule has 1 aliphatic heterocycles. The highest BCUT2D eigenvalue weighted by molar-refractivity contribution is 5.98. The molecule has 1 aromatic heterocycles. The molecule has 27 heavy (non-hydrogen) atoms. The first-order valence-electron chi connectivity index (χ1n) is 9.13. The van der Waals surface area contributed by atoms with Crippen LogP contribution in [-0.2, 0) is 4.74 Å². The molecule has 6 nitrogen and oxygen atoms in total. The summed E-state index contributed by atoms with van der Waals surface area (Å²) in [6.07, 6.45) is 0.654. The molecule has 0 bridgehead atoms. The zero-order valence-electron chi connectivity index (χ0n) is 16.3. The van der Waals surface area contributed by atoms with Gasteiger partial charge in [0.1, 0.15) is 11.4 Å². The van der Waals surface area contributed by atoms with Crippen LogP contribution >= 0.6 is 0 Å². The van der Waals surface area contributed by atoms with Gasteiger partial charge in [-0.1, -0.05) is 0 Å². The molecule has 0 N–H and O–H groups in total. The van der Waals surface area contributed by atoms with Crippen molar-refractivity contribution < 1.29 is 18.7 Å². The quantitative estimate of drug-likeness (QED) is 0.607. The molecule has 0 amide bonds. The van der Waals surface area contributed by atoms with Gasteiger partial charge < -0.3 is 19.0 Å². The number of likely N-dealkylation sites (N-methyl/N-ethyl adjacent to an activating group) is 1. The van der Waals surface area contributed by atoms with Crippen molar-refractivity contribution >= 4 is 17.9 Å². The van der Waals surface area contributed by atoms with Crippen molar-refractivity contribution in [1.82, 2.24) is 4.90 Å². The molecule has 0 aliphatic carbocycles. The molecule has 1 saturated heterocycles. The summed E-state index contributed by atoms with van der Waals surface area (Å²) in [5.74, 6) is 0.297. The van der Waals surface area contributed by atoms with Gasteiger partial charge in [-0.05, 0) is 58.2 Å². The van der Waals surface area contributed by atoms with Crippen LogP contribution < -0.4 is 4.90 Å². The number of furan rings is 1. The summed E-state index contributed by atoms with van der Waals surface area (Å²) in [4.78, 5) is 28.3. The van der Waals surface area contributed by atoms with E-state index in [4.69, 9.17) is 9.15 Å². The Kier molecular flexibility index (Phi) is 5.37. The Morgan fingerprint density at radius 2 is 1.81 bits per heavy atom. The number of ether oxygens (including phenoxy) is 1. The van der Waals surface area contributed by atoms with Gasteiger partial charge in [0.05, 0.1) is 5.56 Å². The Labute approximate surface area is 159 Å². The molecule has 1 aliphatic rings. The van der Waals surface area contributed by atoms with Crippen LogP contribution in [0, 0.1) is 0 Å². The Bertz CT molecular complexity index is 827. The molecule has 0 saturated carbocycles. The standard InChI is InChI=1S/C21H26N2O4/c1-21(2,3)27-20(25)17-7-5-15(23-11-9-22(4)10-12-23)13-18(17)19-8-6-16(14-24)26-19/h5-8,13-14H,9-12H2,1-4H3. The maximum absolute atomic E-state index is 12.7. The molecule has 0 spiro atoms. The molecule has 1 aromatic carbocycles. The van der Waals surface area contributed by atoms with Crippen LogP contribution in [0.15, 0.2) is 34.7 Å². The minimum atomic E-state index is -0.596. The highest BCUT2D eigenvalue weighted by Gasteiger charge is 2.24. The third-order valence-corrected chi connectivity index (χ3v) is 4.50. The number of hydrogen-bond acceptors (Lipinski definition) is 6. The second kappa shape index (κ2) is 7.56. The fraction of sp³-hybridized carbons (Fsp3) is 0.429.